The number of rotatable bonds is 12. The molecule has 45 heavy (non-hydrogen) atoms. The summed E-state index contributed by atoms with van der Waals surface area (Å²) in [5.74, 6) is -0.444. The van der Waals surface area contributed by atoms with Crippen LogP contribution < -0.4 is 14.4 Å². The molecule has 2 amide bonds. The lowest BCUT2D eigenvalue weighted by Crippen LogP contribution is -2.53. The number of nitrogens with one attached hydrogen (secondary N) is 1. The number of ether oxygens (including phenoxy) is 1. The molecule has 12 heteroatoms. The van der Waals surface area contributed by atoms with Crippen LogP contribution in [0.3, 0.4) is 0 Å². The van der Waals surface area contributed by atoms with Crippen LogP contribution in [0.2, 0.25) is 0 Å². The Balaban J connectivity index is 1.72. The topological polar surface area (TPSA) is 139 Å². The van der Waals surface area contributed by atoms with Gasteiger partial charge in [0.15, 0.2) is 0 Å². The number of hydrogen-bond acceptors (Lipinski definition) is 7. The zero-order valence-corrected chi connectivity index (χ0v) is 26.9. The zero-order valence-electron chi connectivity index (χ0n) is 26.1. The lowest BCUT2D eigenvalue weighted by Gasteiger charge is -2.33. The summed E-state index contributed by atoms with van der Waals surface area (Å²) >= 11 is 0. The SMILES string of the molecule is COc1ccc(N(CC(=O)N(Cc2ccc(C)cc2)[C@H](C)C(=O)NC2CCCCC2)S(=O)(=O)c2ccc(C)c([N+](=O)[O-])c2)cc1. The Morgan fingerprint density at radius 3 is 2.24 bits per heavy atom. The van der Waals surface area contributed by atoms with Gasteiger partial charge >= 0.3 is 0 Å². The number of nitrogens with zero attached hydrogens (tertiary/aromatic N) is 3. The molecule has 0 saturated heterocycles. The van der Waals surface area contributed by atoms with Gasteiger partial charge in [0.2, 0.25) is 11.8 Å². The number of aryl methyl sites for hydroxylation is 2. The fourth-order valence-corrected chi connectivity index (χ4v) is 6.83. The van der Waals surface area contributed by atoms with E-state index in [1.54, 1.807) is 19.1 Å². The van der Waals surface area contributed by atoms with Gasteiger partial charge < -0.3 is 15.0 Å². The highest BCUT2D eigenvalue weighted by atomic mass is 32.2. The number of sulfonamides is 1. The van der Waals surface area contributed by atoms with Gasteiger partial charge in [-0.1, -0.05) is 55.2 Å². The van der Waals surface area contributed by atoms with Crippen LogP contribution in [0.15, 0.2) is 71.6 Å². The van der Waals surface area contributed by atoms with E-state index in [4.69, 9.17) is 4.74 Å². The Labute approximate surface area is 264 Å². The zero-order chi connectivity index (χ0) is 32.7. The second-order valence-electron chi connectivity index (χ2n) is 11.4. The molecule has 0 spiro atoms. The number of methoxy groups -OCH3 is 1. The fourth-order valence-electron chi connectivity index (χ4n) is 5.39. The first-order valence-corrected chi connectivity index (χ1v) is 16.4. The third-order valence-corrected chi connectivity index (χ3v) is 9.97. The van der Waals surface area contributed by atoms with Crippen molar-refractivity contribution in [1.82, 2.24) is 10.2 Å². The summed E-state index contributed by atoms with van der Waals surface area (Å²) in [5.41, 5.74) is 1.91. The molecular formula is C33H40N4O7S. The molecule has 240 valence electrons. The van der Waals surface area contributed by atoms with E-state index in [0.29, 0.717) is 11.3 Å². The summed E-state index contributed by atoms with van der Waals surface area (Å²) in [4.78, 5) is 39.7. The largest absolute Gasteiger partial charge is 0.497 e. The molecule has 4 rings (SSSR count). The summed E-state index contributed by atoms with van der Waals surface area (Å²) in [5, 5.41) is 14.7. The van der Waals surface area contributed by atoms with Crippen molar-refractivity contribution in [2.45, 2.75) is 76.4 Å². The monoisotopic (exact) mass is 636 g/mol. The lowest BCUT2D eigenvalue weighted by atomic mass is 9.95. The predicted molar refractivity (Wildman–Crippen MR) is 172 cm³/mol. The molecule has 3 aromatic carbocycles. The van der Waals surface area contributed by atoms with Gasteiger partial charge in [-0.05, 0) is 69.5 Å². The molecule has 0 bridgehead atoms. The van der Waals surface area contributed by atoms with E-state index in [2.05, 4.69) is 5.32 Å². The second kappa shape index (κ2) is 14.6. The van der Waals surface area contributed by atoms with Gasteiger partial charge in [0.1, 0.15) is 18.3 Å². The van der Waals surface area contributed by atoms with Gasteiger partial charge in [-0.2, -0.15) is 0 Å². The van der Waals surface area contributed by atoms with E-state index in [0.717, 1.165) is 53.6 Å². The Hall–Kier alpha value is -4.45. The van der Waals surface area contributed by atoms with Gasteiger partial charge in [0, 0.05) is 24.2 Å². The number of benzene rings is 3. The Kier molecular flexibility index (Phi) is 10.8. The number of anilines is 1. The first kappa shape index (κ1) is 33.4. The smallest absolute Gasteiger partial charge is 0.273 e. The third-order valence-electron chi connectivity index (χ3n) is 8.20. The summed E-state index contributed by atoms with van der Waals surface area (Å²) in [6, 6.07) is 16.4. The first-order valence-electron chi connectivity index (χ1n) is 15.0. The van der Waals surface area contributed by atoms with Gasteiger partial charge in [-0.3, -0.25) is 24.0 Å². The standard InChI is InChI=1S/C33H40N4O7S/c1-23-10-13-26(14-11-23)21-35(25(3)33(39)34-27-8-6-5-7-9-27)32(38)22-36(28-15-17-29(44-4)18-16-28)45(42,43)30-19-12-24(2)31(20-30)37(40)41/h10-20,25,27H,5-9,21-22H2,1-4H3,(H,34,39)/t25-/m1/s1. The van der Waals surface area contributed by atoms with Crippen molar-refractivity contribution in [3.8, 4) is 5.75 Å². The third kappa shape index (κ3) is 8.18. The maximum Gasteiger partial charge on any atom is 0.273 e. The Morgan fingerprint density at radius 2 is 1.64 bits per heavy atom. The number of amides is 2. The molecule has 1 saturated carbocycles. The minimum Gasteiger partial charge on any atom is -0.497 e. The predicted octanol–water partition coefficient (Wildman–Crippen LogP) is 5.28. The normalized spacial score (nSPS) is 14.3. The average Bonchev–Trinajstić information content (AvgIpc) is 3.03. The average molecular weight is 637 g/mol. The molecule has 0 heterocycles. The van der Waals surface area contributed by atoms with E-state index in [-0.39, 0.29) is 34.8 Å². The molecule has 0 radical (unpaired) electrons. The van der Waals surface area contributed by atoms with Gasteiger partial charge in [0.05, 0.1) is 22.6 Å². The molecule has 0 aliphatic heterocycles. The van der Waals surface area contributed by atoms with Gasteiger partial charge in [-0.25, -0.2) is 8.42 Å². The van der Waals surface area contributed by atoms with Crippen LogP contribution in [-0.2, 0) is 26.2 Å². The number of nitro groups is 1. The molecule has 1 aliphatic rings. The summed E-state index contributed by atoms with van der Waals surface area (Å²) < 4.78 is 34.4. The van der Waals surface area contributed by atoms with Crippen LogP contribution in [0.25, 0.3) is 0 Å². The summed E-state index contributed by atoms with van der Waals surface area (Å²) in [7, 11) is -3.01. The molecule has 0 aromatic heterocycles. The summed E-state index contributed by atoms with van der Waals surface area (Å²) in [6.07, 6.45) is 4.92. The van der Waals surface area contributed by atoms with E-state index in [1.807, 2.05) is 31.2 Å². The molecular weight excluding hydrogens is 596 g/mol. The van der Waals surface area contributed by atoms with Crippen molar-refractivity contribution >= 4 is 33.2 Å². The van der Waals surface area contributed by atoms with Crippen LogP contribution in [-0.4, -0.2) is 55.8 Å². The van der Waals surface area contributed by atoms with Crippen LogP contribution in [0.5, 0.6) is 5.75 Å². The van der Waals surface area contributed by atoms with Crippen molar-refractivity contribution in [2.75, 3.05) is 18.0 Å². The number of hydrogen-bond donors (Lipinski definition) is 1. The number of carbonyl (C=O) groups excluding carboxylic acids is 2. The lowest BCUT2D eigenvalue weighted by molar-refractivity contribution is -0.385. The quantitative estimate of drug-likeness (QED) is 0.211. The van der Waals surface area contributed by atoms with Crippen molar-refractivity contribution < 1.29 is 27.7 Å². The van der Waals surface area contributed by atoms with Crippen molar-refractivity contribution in [3.63, 3.8) is 0 Å². The van der Waals surface area contributed by atoms with E-state index < -0.39 is 33.4 Å². The molecule has 1 fully saturated rings. The minimum atomic E-state index is -4.48. The number of nitro benzene ring substituents is 1. The van der Waals surface area contributed by atoms with Gasteiger partial charge in [-0.15, -0.1) is 0 Å². The molecule has 11 nitrogen and oxygen atoms in total. The molecule has 0 unspecified atom stereocenters. The molecule has 1 aliphatic carbocycles. The van der Waals surface area contributed by atoms with E-state index >= 15 is 0 Å². The minimum absolute atomic E-state index is 0.0264. The molecule has 1 N–H and O–H groups in total. The second-order valence-corrected chi connectivity index (χ2v) is 13.3. The van der Waals surface area contributed by atoms with Crippen LogP contribution >= 0.6 is 0 Å². The highest BCUT2D eigenvalue weighted by Crippen LogP contribution is 2.29. The first-order chi connectivity index (χ1) is 21.4. The van der Waals surface area contributed by atoms with Crippen molar-refractivity contribution in [3.05, 3.63) is 93.5 Å². The molecule has 3 aromatic rings. The van der Waals surface area contributed by atoms with Crippen molar-refractivity contribution in [2.24, 2.45) is 0 Å². The van der Waals surface area contributed by atoms with Crippen LogP contribution in [0, 0.1) is 24.0 Å². The highest BCUT2D eigenvalue weighted by molar-refractivity contribution is 7.92. The van der Waals surface area contributed by atoms with E-state index in [9.17, 15) is 28.1 Å². The van der Waals surface area contributed by atoms with Crippen LogP contribution in [0.1, 0.15) is 55.7 Å². The maximum absolute atomic E-state index is 14.2. The summed E-state index contributed by atoms with van der Waals surface area (Å²) in [6.45, 7) is 4.52. The van der Waals surface area contributed by atoms with Crippen LogP contribution in [0.4, 0.5) is 11.4 Å². The number of carbonyl (C=O) groups is 2. The Morgan fingerprint density at radius 1 is 1.00 bits per heavy atom. The maximum atomic E-state index is 14.2. The van der Waals surface area contributed by atoms with E-state index in [1.165, 1.54) is 43.2 Å². The highest BCUT2D eigenvalue weighted by Gasteiger charge is 2.34. The fraction of sp³-hybridized carbons (Fsp3) is 0.394. The Bertz CT molecular complexity index is 1620. The van der Waals surface area contributed by atoms with Gasteiger partial charge in [0.25, 0.3) is 15.7 Å². The van der Waals surface area contributed by atoms with Crippen molar-refractivity contribution in [1.29, 1.82) is 0 Å². The molecule has 1 atom stereocenters.